The SMILES string of the molecule is COc1cc(C(=O)N2CCCCc3ccccc32)ccc1C(=O)Nc1cccc2[nH]c(-n3ccnc3)nc12. The Hall–Kier alpha value is -4.92. The summed E-state index contributed by atoms with van der Waals surface area (Å²) in [5.41, 5.74) is 4.85. The van der Waals surface area contributed by atoms with Gasteiger partial charge < -0.3 is 19.9 Å². The number of imidazole rings is 2. The highest BCUT2D eigenvalue weighted by Crippen LogP contribution is 2.30. The number of para-hydroxylation sites is 2. The van der Waals surface area contributed by atoms with Crippen LogP contribution >= 0.6 is 0 Å². The number of carbonyl (C=O) groups excluding carboxylic acids is 2. The van der Waals surface area contributed by atoms with Gasteiger partial charge in [0.1, 0.15) is 17.6 Å². The minimum absolute atomic E-state index is 0.113. The van der Waals surface area contributed by atoms with Gasteiger partial charge in [0.05, 0.1) is 23.9 Å². The largest absolute Gasteiger partial charge is 0.496 e. The maximum Gasteiger partial charge on any atom is 0.259 e. The molecule has 3 heterocycles. The number of aromatic nitrogens is 4. The van der Waals surface area contributed by atoms with E-state index in [9.17, 15) is 9.59 Å². The minimum Gasteiger partial charge on any atom is -0.496 e. The first kappa shape index (κ1) is 23.5. The molecule has 0 saturated heterocycles. The Morgan fingerprint density at radius 3 is 2.79 bits per heavy atom. The Kier molecular flexibility index (Phi) is 6.09. The standard InChI is InChI=1S/C29H26N6O3/c1-38-25-17-20(28(37)35-15-5-4-8-19-7-2-3-11-24(19)35)12-13-21(25)27(36)31-22-9-6-10-23-26(22)33-29(32-23)34-16-14-30-18-34/h2-3,6-7,9-14,16-18H,4-5,8,15H2,1H3,(H,31,36)(H,32,33). The molecule has 0 saturated carbocycles. The maximum atomic E-state index is 13.6. The Bertz CT molecular complexity index is 1640. The molecule has 2 amide bonds. The fraction of sp³-hybridized carbons (Fsp3) is 0.172. The lowest BCUT2D eigenvalue weighted by atomic mass is 10.1. The zero-order chi connectivity index (χ0) is 26.1. The van der Waals surface area contributed by atoms with Crippen LogP contribution in [0.25, 0.3) is 17.0 Å². The Labute approximate surface area is 219 Å². The number of nitrogens with one attached hydrogen (secondary N) is 2. The molecule has 3 aromatic carbocycles. The van der Waals surface area contributed by atoms with Crippen molar-refractivity contribution in [1.29, 1.82) is 0 Å². The number of carbonyl (C=O) groups is 2. The minimum atomic E-state index is -0.361. The summed E-state index contributed by atoms with van der Waals surface area (Å²) in [6.45, 7) is 0.648. The number of rotatable bonds is 5. The number of fused-ring (bicyclic) bond motifs is 2. The normalized spacial score (nSPS) is 13.1. The number of nitrogens with zero attached hydrogens (tertiary/aromatic N) is 4. The van der Waals surface area contributed by atoms with Crippen LogP contribution in [0.4, 0.5) is 11.4 Å². The van der Waals surface area contributed by atoms with Crippen molar-refractivity contribution in [2.45, 2.75) is 19.3 Å². The van der Waals surface area contributed by atoms with Crippen molar-refractivity contribution in [3.8, 4) is 11.7 Å². The Morgan fingerprint density at radius 1 is 1.05 bits per heavy atom. The molecule has 6 rings (SSSR count). The highest BCUT2D eigenvalue weighted by atomic mass is 16.5. The Balaban J connectivity index is 1.28. The molecule has 0 aliphatic carbocycles. The molecule has 0 unspecified atom stereocenters. The quantitative estimate of drug-likeness (QED) is 0.349. The molecule has 2 aromatic heterocycles. The summed E-state index contributed by atoms with van der Waals surface area (Å²) in [6.07, 6.45) is 8.02. The molecule has 0 atom stereocenters. The lowest BCUT2D eigenvalue weighted by molar-refractivity contribution is 0.0982. The van der Waals surface area contributed by atoms with Gasteiger partial charge in [-0.3, -0.25) is 14.2 Å². The summed E-state index contributed by atoms with van der Waals surface area (Å²) in [7, 11) is 1.49. The summed E-state index contributed by atoms with van der Waals surface area (Å²) >= 11 is 0. The van der Waals surface area contributed by atoms with E-state index >= 15 is 0 Å². The first-order valence-electron chi connectivity index (χ1n) is 12.5. The van der Waals surface area contributed by atoms with Crippen molar-refractivity contribution in [2.75, 3.05) is 23.9 Å². The van der Waals surface area contributed by atoms with Crippen LogP contribution < -0.4 is 15.0 Å². The van der Waals surface area contributed by atoms with E-state index in [0.29, 0.717) is 40.6 Å². The fourth-order valence-electron chi connectivity index (χ4n) is 4.89. The van der Waals surface area contributed by atoms with E-state index < -0.39 is 0 Å². The number of hydrogen-bond acceptors (Lipinski definition) is 5. The Morgan fingerprint density at radius 2 is 1.95 bits per heavy atom. The third-order valence-electron chi connectivity index (χ3n) is 6.80. The molecule has 0 radical (unpaired) electrons. The second-order valence-corrected chi connectivity index (χ2v) is 9.14. The van der Waals surface area contributed by atoms with E-state index in [1.165, 1.54) is 12.7 Å². The molecule has 2 N–H and O–H groups in total. The number of aryl methyl sites for hydroxylation is 1. The zero-order valence-electron chi connectivity index (χ0n) is 20.8. The van der Waals surface area contributed by atoms with Gasteiger partial charge >= 0.3 is 0 Å². The lowest BCUT2D eigenvalue weighted by Crippen LogP contribution is -2.31. The van der Waals surface area contributed by atoms with Crippen LogP contribution in [0, 0.1) is 0 Å². The number of benzene rings is 3. The van der Waals surface area contributed by atoms with Gasteiger partial charge in [-0.15, -0.1) is 0 Å². The highest BCUT2D eigenvalue weighted by molar-refractivity contribution is 6.11. The van der Waals surface area contributed by atoms with Gasteiger partial charge in [0.25, 0.3) is 11.8 Å². The van der Waals surface area contributed by atoms with E-state index in [-0.39, 0.29) is 11.8 Å². The lowest BCUT2D eigenvalue weighted by Gasteiger charge is -2.23. The number of ether oxygens (including phenoxy) is 1. The van der Waals surface area contributed by atoms with Crippen molar-refractivity contribution >= 4 is 34.2 Å². The van der Waals surface area contributed by atoms with Crippen molar-refractivity contribution in [3.63, 3.8) is 0 Å². The summed E-state index contributed by atoms with van der Waals surface area (Å²) in [6, 6.07) is 18.5. The average Bonchev–Trinajstić information content (AvgIpc) is 3.59. The van der Waals surface area contributed by atoms with Gasteiger partial charge in [0.15, 0.2) is 0 Å². The zero-order valence-corrected chi connectivity index (χ0v) is 20.8. The number of amides is 2. The number of methoxy groups -OCH3 is 1. The third kappa shape index (κ3) is 4.28. The molecule has 9 heteroatoms. The van der Waals surface area contributed by atoms with Gasteiger partial charge in [0.2, 0.25) is 5.95 Å². The van der Waals surface area contributed by atoms with E-state index in [0.717, 1.165) is 30.5 Å². The van der Waals surface area contributed by atoms with Crippen molar-refractivity contribution in [3.05, 3.63) is 96.1 Å². The molecule has 0 fully saturated rings. The highest BCUT2D eigenvalue weighted by Gasteiger charge is 2.24. The van der Waals surface area contributed by atoms with Gasteiger partial charge in [0, 0.05) is 30.2 Å². The fourth-order valence-corrected chi connectivity index (χ4v) is 4.89. The number of H-pyrrole nitrogens is 1. The summed E-state index contributed by atoms with van der Waals surface area (Å²) in [5.74, 6) is 0.443. The van der Waals surface area contributed by atoms with Crippen molar-refractivity contribution in [2.24, 2.45) is 0 Å². The van der Waals surface area contributed by atoms with E-state index in [1.54, 1.807) is 47.6 Å². The van der Waals surface area contributed by atoms with Crippen LogP contribution in [-0.4, -0.2) is 45.0 Å². The molecule has 1 aliphatic rings. The molecule has 1 aliphatic heterocycles. The van der Waals surface area contributed by atoms with Crippen LogP contribution in [0.2, 0.25) is 0 Å². The third-order valence-corrected chi connectivity index (χ3v) is 6.80. The average molecular weight is 507 g/mol. The summed E-state index contributed by atoms with van der Waals surface area (Å²) in [5, 5.41) is 2.95. The van der Waals surface area contributed by atoms with Gasteiger partial charge in [-0.2, -0.15) is 0 Å². The summed E-state index contributed by atoms with van der Waals surface area (Å²) < 4.78 is 7.31. The smallest absolute Gasteiger partial charge is 0.259 e. The molecule has 5 aromatic rings. The molecule has 0 spiro atoms. The van der Waals surface area contributed by atoms with Crippen LogP contribution in [0.1, 0.15) is 39.1 Å². The molecular formula is C29H26N6O3. The van der Waals surface area contributed by atoms with E-state index in [2.05, 4.69) is 26.3 Å². The summed E-state index contributed by atoms with van der Waals surface area (Å²) in [4.78, 5) is 40.6. The molecule has 0 bridgehead atoms. The van der Waals surface area contributed by atoms with Gasteiger partial charge in [-0.25, -0.2) is 9.97 Å². The van der Waals surface area contributed by atoms with Gasteiger partial charge in [-0.1, -0.05) is 24.3 Å². The first-order valence-corrected chi connectivity index (χ1v) is 12.5. The predicted octanol–water partition coefficient (Wildman–Crippen LogP) is 4.99. The van der Waals surface area contributed by atoms with Crippen LogP contribution in [-0.2, 0) is 6.42 Å². The van der Waals surface area contributed by atoms with Crippen molar-refractivity contribution in [1.82, 2.24) is 19.5 Å². The van der Waals surface area contributed by atoms with Gasteiger partial charge in [-0.05, 0) is 61.2 Å². The number of hydrogen-bond donors (Lipinski definition) is 2. The maximum absolute atomic E-state index is 13.6. The van der Waals surface area contributed by atoms with E-state index in [4.69, 9.17) is 4.74 Å². The topological polar surface area (TPSA) is 105 Å². The molecule has 38 heavy (non-hydrogen) atoms. The van der Waals surface area contributed by atoms with Crippen LogP contribution in [0.5, 0.6) is 5.75 Å². The second-order valence-electron chi connectivity index (χ2n) is 9.14. The number of anilines is 2. The monoisotopic (exact) mass is 506 g/mol. The molecule has 190 valence electrons. The van der Waals surface area contributed by atoms with Crippen LogP contribution in [0.3, 0.4) is 0 Å². The van der Waals surface area contributed by atoms with Crippen molar-refractivity contribution < 1.29 is 14.3 Å². The predicted molar refractivity (Wildman–Crippen MR) is 145 cm³/mol. The first-order chi connectivity index (χ1) is 18.6. The van der Waals surface area contributed by atoms with E-state index in [1.807, 2.05) is 35.2 Å². The van der Waals surface area contributed by atoms with Crippen LogP contribution in [0.15, 0.2) is 79.4 Å². The second kappa shape index (κ2) is 9.85. The number of aromatic amines is 1. The molecular weight excluding hydrogens is 480 g/mol. The molecule has 9 nitrogen and oxygen atoms in total.